The zero-order chi connectivity index (χ0) is 13.6. The third-order valence-corrected chi connectivity index (χ3v) is 6.33. The lowest BCUT2D eigenvalue weighted by Crippen LogP contribution is -2.51. The van der Waals surface area contributed by atoms with E-state index in [-0.39, 0.29) is 23.6 Å². The summed E-state index contributed by atoms with van der Waals surface area (Å²) in [4.78, 5) is 2.30. The van der Waals surface area contributed by atoms with Crippen LogP contribution in [0.5, 0.6) is 0 Å². The first kappa shape index (κ1) is 14.3. The molecule has 0 radical (unpaired) electrons. The number of piperidine rings is 1. The van der Waals surface area contributed by atoms with Crippen LogP contribution in [0.1, 0.15) is 33.6 Å². The fourth-order valence-electron chi connectivity index (χ4n) is 3.33. The first-order valence-electron chi connectivity index (χ1n) is 6.89. The Morgan fingerprint density at radius 3 is 2.06 bits per heavy atom. The fraction of sp³-hybridized carbons (Fsp3) is 1.00. The van der Waals surface area contributed by atoms with Gasteiger partial charge < -0.3 is 5.73 Å². The van der Waals surface area contributed by atoms with Gasteiger partial charge in [0.1, 0.15) is 0 Å². The molecule has 0 bridgehead atoms. The van der Waals surface area contributed by atoms with Crippen molar-refractivity contribution in [3.63, 3.8) is 0 Å². The lowest BCUT2D eigenvalue weighted by Gasteiger charge is -2.41. The van der Waals surface area contributed by atoms with Crippen LogP contribution in [0.2, 0.25) is 0 Å². The second kappa shape index (κ2) is 4.76. The highest BCUT2D eigenvalue weighted by Crippen LogP contribution is 2.35. The molecule has 2 N–H and O–H groups in total. The summed E-state index contributed by atoms with van der Waals surface area (Å²) in [6.45, 7) is 8.86. The summed E-state index contributed by atoms with van der Waals surface area (Å²) in [5, 5.41) is 0. The molecular formula is C13H26N2O2S. The summed E-state index contributed by atoms with van der Waals surface area (Å²) in [6.07, 6.45) is 2.32. The molecule has 2 heterocycles. The van der Waals surface area contributed by atoms with Gasteiger partial charge in [-0.1, -0.05) is 20.8 Å². The molecule has 2 saturated heterocycles. The Morgan fingerprint density at radius 2 is 1.67 bits per heavy atom. The predicted molar refractivity (Wildman–Crippen MR) is 74.2 cm³/mol. The molecule has 4 nitrogen and oxygen atoms in total. The summed E-state index contributed by atoms with van der Waals surface area (Å²) >= 11 is 0. The van der Waals surface area contributed by atoms with Crippen molar-refractivity contribution in [1.29, 1.82) is 0 Å². The molecule has 18 heavy (non-hydrogen) atoms. The number of hydrogen-bond donors (Lipinski definition) is 1. The Kier molecular flexibility index (Phi) is 3.78. The van der Waals surface area contributed by atoms with Crippen molar-refractivity contribution in [3.05, 3.63) is 0 Å². The van der Waals surface area contributed by atoms with Gasteiger partial charge in [-0.25, -0.2) is 8.42 Å². The smallest absolute Gasteiger partial charge is 0.153 e. The fourth-order valence-corrected chi connectivity index (χ4v) is 5.25. The number of nitrogens with two attached hydrogens (primary N) is 1. The minimum atomic E-state index is -2.90. The van der Waals surface area contributed by atoms with Gasteiger partial charge in [0.05, 0.1) is 11.5 Å². The largest absolute Gasteiger partial charge is 0.325 e. The molecule has 2 atom stereocenters. The monoisotopic (exact) mass is 274 g/mol. The van der Waals surface area contributed by atoms with E-state index >= 15 is 0 Å². The van der Waals surface area contributed by atoms with Crippen molar-refractivity contribution in [1.82, 2.24) is 4.90 Å². The first-order chi connectivity index (χ1) is 8.19. The van der Waals surface area contributed by atoms with E-state index in [9.17, 15) is 8.42 Å². The number of hydrogen-bond acceptors (Lipinski definition) is 4. The van der Waals surface area contributed by atoms with E-state index in [1.165, 1.54) is 0 Å². The van der Waals surface area contributed by atoms with E-state index in [4.69, 9.17) is 5.73 Å². The maximum absolute atomic E-state index is 11.6. The first-order valence-corrected chi connectivity index (χ1v) is 8.71. The van der Waals surface area contributed by atoms with Gasteiger partial charge in [-0.05, 0) is 37.3 Å². The third kappa shape index (κ3) is 3.06. The summed E-state index contributed by atoms with van der Waals surface area (Å²) in [5.74, 6) is 1.16. The van der Waals surface area contributed by atoms with Gasteiger partial charge in [0.25, 0.3) is 0 Å². The number of nitrogens with zero attached hydrogens (tertiary/aromatic N) is 1. The number of likely N-dealkylation sites (tertiary alicyclic amines) is 1. The van der Waals surface area contributed by atoms with Gasteiger partial charge in [-0.3, -0.25) is 4.90 Å². The van der Waals surface area contributed by atoms with Crippen LogP contribution < -0.4 is 5.73 Å². The van der Waals surface area contributed by atoms with Crippen LogP contribution in [0, 0.1) is 11.3 Å². The molecule has 2 fully saturated rings. The highest BCUT2D eigenvalue weighted by atomic mass is 32.2. The second-order valence-electron chi connectivity index (χ2n) is 6.98. The van der Waals surface area contributed by atoms with E-state index in [2.05, 4.69) is 25.7 Å². The maximum Gasteiger partial charge on any atom is 0.153 e. The SMILES string of the molecule is CC(C)(C)C1CCN(C2CS(=O)(=O)CC2N)CC1. The molecule has 0 amide bonds. The molecule has 2 rings (SSSR count). The lowest BCUT2D eigenvalue weighted by atomic mass is 9.75. The number of sulfone groups is 1. The molecule has 0 aromatic heterocycles. The average molecular weight is 274 g/mol. The normalized spacial score (nSPS) is 34.9. The van der Waals surface area contributed by atoms with Gasteiger partial charge >= 0.3 is 0 Å². The lowest BCUT2D eigenvalue weighted by molar-refractivity contribution is 0.0850. The topological polar surface area (TPSA) is 63.4 Å². The summed E-state index contributed by atoms with van der Waals surface area (Å²) < 4.78 is 23.2. The zero-order valence-corrected chi connectivity index (χ0v) is 12.5. The zero-order valence-electron chi connectivity index (χ0n) is 11.7. The van der Waals surface area contributed by atoms with E-state index in [1.807, 2.05) is 0 Å². The molecule has 106 valence electrons. The molecule has 2 aliphatic rings. The molecule has 2 unspecified atom stereocenters. The van der Waals surface area contributed by atoms with E-state index in [0.29, 0.717) is 5.41 Å². The van der Waals surface area contributed by atoms with Crippen molar-refractivity contribution < 1.29 is 8.42 Å². The molecule has 2 aliphatic heterocycles. The van der Waals surface area contributed by atoms with Crippen LogP contribution in [-0.4, -0.2) is 50.0 Å². The van der Waals surface area contributed by atoms with E-state index in [1.54, 1.807) is 0 Å². The van der Waals surface area contributed by atoms with Gasteiger partial charge in [-0.2, -0.15) is 0 Å². The standard InChI is InChI=1S/C13H26N2O2S/c1-13(2,3)10-4-6-15(7-5-10)12-9-18(16,17)8-11(12)14/h10-12H,4-9,14H2,1-3H3. The molecule has 0 spiro atoms. The van der Waals surface area contributed by atoms with Crippen LogP contribution in [-0.2, 0) is 9.84 Å². The van der Waals surface area contributed by atoms with Gasteiger partial charge in [0.2, 0.25) is 0 Å². The van der Waals surface area contributed by atoms with Crippen molar-refractivity contribution in [3.8, 4) is 0 Å². The Balaban J connectivity index is 1.95. The van der Waals surface area contributed by atoms with Crippen molar-refractivity contribution in [2.24, 2.45) is 17.1 Å². The van der Waals surface area contributed by atoms with Gasteiger partial charge in [0.15, 0.2) is 9.84 Å². The quantitative estimate of drug-likeness (QED) is 0.770. The van der Waals surface area contributed by atoms with Gasteiger partial charge in [0, 0.05) is 12.1 Å². The van der Waals surface area contributed by atoms with Crippen LogP contribution in [0.25, 0.3) is 0 Å². The Hall–Kier alpha value is -0.130. The second-order valence-corrected chi connectivity index (χ2v) is 9.14. The minimum Gasteiger partial charge on any atom is -0.325 e. The molecule has 0 aromatic carbocycles. The van der Waals surface area contributed by atoms with Crippen molar-refractivity contribution in [2.45, 2.75) is 45.7 Å². The summed E-state index contributed by atoms with van der Waals surface area (Å²) in [5.41, 5.74) is 6.34. The van der Waals surface area contributed by atoms with Crippen molar-refractivity contribution >= 4 is 9.84 Å². The Morgan fingerprint density at radius 1 is 1.11 bits per heavy atom. The van der Waals surface area contributed by atoms with Gasteiger partial charge in [-0.15, -0.1) is 0 Å². The Labute approximate surface area is 111 Å². The molecule has 5 heteroatoms. The average Bonchev–Trinajstić information content (AvgIpc) is 2.51. The highest BCUT2D eigenvalue weighted by Gasteiger charge is 2.40. The highest BCUT2D eigenvalue weighted by molar-refractivity contribution is 7.91. The number of rotatable bonds is 1. The molecular weight excluding hydrogens is 248 g/mol. The molecule has 0 aliphatic carbocycles. The predicted octanol–water partition coefficient (Wildman–Crippen LogP) is 0.869. The van der Waals surface area contributed by atoms with Crippen LogP contribution in [0.15, 0.2) is 0 Å². The Bertz CT molecular complexity index is 392. The van der Waals surface area contributed by atoms with E-state index in [0.717, 1.165) is 31.8 Å². The van der Waals surface area contributed by atoms with Crippen LogP contribution in [0.4, 0.5) is 0 Å². The van der Waals surface area contributed by atoms with Crippen LogP contribution >= 0.6 is 0 Å². The summed E-state index contributed by atoms with van der Waals surface area (Å²) in [7, 11) is -2.90. The molecule has 0 aromatic rings. The minimum absolute atomic E-state index is 0.0518. The maximum atomic E-state index is 11.6. The van der Waals surface area contributed by atoms with E-state index < -0.39 is 9.84 Å². The summed E-state index contributed by atoms with van der Waals surface area (Å²) in [6, 6.07) is -0.142. The third-order valence-electron chi connectivity index (χ3n) is 4.59. The molecule has 0 saturated carbocycles. The van der Waals surface area contributed by atoms with Crippen molar-refractivity contribution in [2.75, 3.05) is 24.6 Å². The van der Waals surface area contributed by atoms with Crippen LogP contribution in [0.3, 0.4) is 0 Å².